The first-order valence-corrected chi connectivity index (χ1v) is 9.37. The predicted molar refractivity (Wildman–Crippen MR) is 104 cm³/mol. The van der Waals surface area contributed by atoms with Crippen LogP contribution >= 0.6 is 0 Å². The van der Waals surface area contributed by atoms with E-state index >= 15 is 0 Å². The van der Waals surface area contributed by atoms with Gasteiger partial charge in [-0.3, -0.25) is 9.48 Å². The number of nitrogens with zero attached hydrogens (tertiary/aromatic N) is 6. The van der Waals surface area contributed by atoms with Gasteiger partial charge in [-0.2, -0.15) is 10.2 Å². The molecule has 0 unspecified atom stereocenters. The van der Waals surface area contributed by atoms with Crippen LogP contribution < -0.4 is 0 Å². The fraction of sp³-hybridized carbons (Fsp3) is 0.400. The van der Waals surface area contributed by atoms with Crippen molar-refractivity contribution in [2.75, 3.05) is 7.05 Å². The van der Waals surface area contributed by atoms with E-state index in [9.17, 15) is 9.90 Å². The minimum atomic E-state index is -1.21. The molecular formula is C20H24N6O2. The molecule has 4 rings (SSSR count). The normalized spacial score (nSPS) is 22.3. The molecule has 1 amide bonds. The highest BCUT2D eigenvalue weighted by Gasteiger charge is 2.41. The first kappa shape index (κ1) is 18.4. The second-order valence-electron chi connectivity index (χ2n) is 7.45. The van der Waals surface area contributed by atoms with Gasteiger partial charge in [0, 0.05) is 38.2 Å². The van der Waals surface area contributed by atoms with Crippen molar-refractivity contribution in [2.45, 2.75) is 37.3 Å². The van der Waals surface area contributed by atoms with Crippen molar-refractivity contribution < 1.29 is 9.90 Å². The standard InChI is InChI=1S/C20H24N6O2/c1-4-18(27)25(3)20(28)8-5-6-14(10-20)19-17-7-9-21-26(17)13-16(23-19)15-11-22-24(2)12-15/h4,7,9,11-14,28H,1,5-6,8,10H2,2-3H3/t14-,20-/m0/s1. The molecule has 8 heteroatoms. The fourth-order valence-corrected chi connectivity index (χ4v) is 4.06. The van der Waals surface area contributed by atoms with E-state index in [-0.39, 0.29) is 11.8 Å². The van der Waals surface area contributed by atoms with Crippen LogP contribution in [0.2, 0.25) is 0 Å². The fourth-order valence-electron chi connectivity index (χ4n) is 4.06. The molecule has 1 N–H and O–H groups in total. The lowest BCUT2D eigenvalue weighted by atomic mass is 9.80. The maximum absolute atomic E-state index is 12.1. The Morgan fingerprint density at radius 1 is 1.43 bits per heavy atom. The molecule has 0 spiro atoms. The number of likely N-dealkylation sites (N-methyl/N-ethyl adjacent to an activating group) is 1. The summed E-state index contributed by atoms with van der Waals surface area (Å²) in [7, 11) is 3.49. The molecule has 0 bridgehead atoms. The summed E-state index contributed by atoms with van der Waals surface area (Å²) in [5.74, 6) is -0.274. The van der Waals surface area contributed by atoms with E-state index in [1.807, 2.05) is 30.0 Å². The highest BCUT2D eigenvalue weighted by Crippen LogP contribution is 2.41. The molecule has 0 aromatic carbocycles. The summed E-state index contributed by atoms with van der Waals surface area (Å²) in [6.45, 7) is 3.53. The highest BCUT2D eigenvalue weighted by atomic mass is 16.3. The average Bonchev–Trinajstić information content (AvgIpc) is 3.34. The summed E-state index contributed by atoms with van der Waals surface area (Å²) < 4.78 is 3.55. The van der Waals surface area contributed by atoms with Crippen molar-refractivity contribution in [2.24, 2.45) is 7.05 Å². The zero-order valence-electron chi connectivity index (χ0n) is 16.1. The van der Waals surface area contributed by atoms with Crippen molar-refractivity contribution >= 4 is 11.4 Å². The van der Waals surface area contributed by atoms with Crippen LogP contribution in [0.5, 0.6) is 0 Å². The number of amides is 1. The maximum atomic E-state index is 12.1. The summed E-state index contributed by atoms with van der Waals surface area (Å²) in [5.41, 5.74) is 2.28. The van der Waals surface area contributed by atoms with Crippen LogP contribution in [0.4, 0.5) is 0 Å². The second-order valence-corrected chi connectivity index (χ2v) is 7.45. The number of hydrogen-bond acceptors (Lipinski definition) is 5. The molecule has 0 saturated heterocycles. The van der Waals surface area contributed by atoms with Gasteiger partial charge < -0.3 is 10.0 Å². The summed E-state index contributed by atoms with van der Waals surface area (Å²) in [4.78, 5) is 18.4. The average molecular weight is 380 g/mol. The van der Waals surface area contributed by atoms with Gasteiger partial charge in [0.2, 0.25) is 5.91 Å². The molecule has 0 radical (unpaired) electrons. The molecule has 28 heavy (non-hydrogen) atoms. The van der Waals surface area contributed by atoms with Gasteiger partial charge in [0.15, 0.2) is 0 Å². The molecule has 1 fully saturated rings. The second kappa shape index (κ2) is 6.87. The monoisotopic (exact) mass is 380 g/mol. The maximum Gasteiger partial charge on any atom is 0.247 e. The van der Waals surface area contributed by atoms with Crippen LogP contribution in [-0.4, -0.2) is 53.1 Å². The van der Waals surface area contributed by atoms with E-state index < -0.39 is 5.72 Å². The third-order valence-corrected chi connectivity index (χ3v) is 5.64. The molecule has 1 aliphatic rings. The zero-order chi connectivity index (χ0) is 19.9. The molecule has 1 saturated carbocycles. The molecule has 0 aliphatic heterocycles. The van der Waals surface area contributed by atoms with Crippen molar-refractivity contribution in [3.8, 4) is 11.3 Å². The summed E-state index contributed by atoms with van der Waals surface area (Å²) in [6.07, 6.45) is 11.2. The van der Waals surface area contributed by atoms with Crippen LogP contribution in [0.25, 0.3) is 16.8 Å². The Hall–Kier alpha value is -3.00. The number of rotatable bonds is 4. The lowest BCUT2D eigenvalue weighted by Gasteiger charge is -2.42. The number of aryl methyl sites for hydroxylation is 1. The number of aliphatic hydroxyl groups is 1. The Morgan fingerprint density at radius 3 is 2.96 bits per heavy atom. The summed E-state index contributed by atoms with van der Waals surface area (Å²) >= 11 is 0. The SMILES string of the molecule is C=CC(=O)N(C)[C@]1(O)CCC[C@H](c2nc(-c3cnn(C)c3)cn3nccc23)C1. The van der Waals surface area contributed by atoms with Crippen molar-refractivity contribution in [3.05, 3.63) is 49.2 Å². The Bertz CT molecular complexity index is 1040. The molecule has 2 atom stereocenters. The Morgan fingerprint density at radius 2 is 2.25 bits per heavy atom. The summed E-state index contributed by atoms with van der Waals surface area (Å²) in [5, 5.41) is 19.8. The minimum absolute atomic E-state index is 0.00892. The smallest absolute Gasteiger partial charge is 0.247 e. The van der Waals surface area contributed by atoms with Crippen LogP contribution in [0, 0.1) is 0 Å². The third kappa shape index (κ3) is 3.09. The number of fused-ring (bicyclic) bond motifs is 1. The molecule has 1 aliphatic carbocycles. The van der Waals surface area contributed by atoms with Crippen LogP contribution in [0.1, 0.15) is 37.3 Å². The third-order valence-electron chi connectivity index (χ3n) is 5.64. The molecule has 3 aromatic heterocycles. The number of hydrogen-bond donors (Lipinski definition) is 1. The minimum Gasteiger partial charge on any atom is -0.371 e. The van der Waals surface area contributed by atoms with Crippen LogP contribution in [0.15, 0.2) is 43.5 Å². The molecule has 8 nitrogen and oxygen atoms in total. The van der Waals surface area contributed by atoms with Gasteiger partial charge in [0.25, 0.3) is 0 Å². The largest absolute Gasteiger partial charge is 0.371 e. The van der Waals surface area contributed by atoms with E-state index in [4.69, 9.17) is 4.98 Å². The topological polar surface area (TPSA) is 88.5 Å². The van der Waals surface area contributed by atoms with Gasteiger partial charge in [0.05, 0.1) is 35.5 Å². The van der Waals surface area contributed by atoms with Gasteiger partial charge in [-0.25, -0.2) is 9.50 Å². The van der Waals surface area contributed by atoms with Gasteiger partial charge >= 0.3 is 0 Å². The molecule has 3 aromatic rings. The van der Waals surface area contributed by atoms with E-state index in [0.29, 0.717) is 12.8 Å². The zero-order valence-corrected chi connectivity index (χ0v) is 16.1. The van der Waals surface area contributed by atoms with Gasteiger partial charge in [-0.05, 0) is 31.4 Å². The quantitative estimate of drug-likeness (QED) is 0.553. The number of carbonyl (C=O) groups excluding carboxylic acids is 1. The van der Waals surface area contributed by atoms with E-state index in [1.165, 1.54) is 11.0 Å². The molecule has 3 heterocycles. The Balaban J connectivity index is 1.74. The van der Waals surface area contributed by atoms with E-state index in [1.54, 1.807) is 24.1 Å². The predicted octanol–water partition coefficient (Wildman–Crippen LogP) is 2.12. The van der Waals surface area contributed by atoms with E-state index in [2.05, 4.69) is 16.8 Å². The van der Waals surface area contributed by atoms with E-state index in [0.717, 1.165) is 35.3 Å². The lowest BCUT2D eigenvalue weighted by molar-refractivity contribution is -0.158. The highest BCUT2D eigenvalue weighted by molar-refractivity contribution is 5.87. The first-order chi connectivity index (χ1) is 13.4. The summed E-state index contributed by atoms with van der Waals surface area (Å²) in [6, 6.07) is 1.93. The Kier molecular flexibility index (Phi) is 4.50. The number of aromatic nitrogens is 5. The Labute approximate surface area is 163 Å². The van der Waals surface area contributed by atoms with Gasteiger partial charge in [-0.15, -0.1) is 0 Å². The van der Waals surface area contributed by atoms with Crippen LogP contribution in [0.3, 0.4) is 0 Å². The van der Waals surface area contributed by atoms with Gasteiger partial charge in [0.1, 0.15) is 5.72 Å². The number of carbonyl (C=O) groups is 1. The van der Waals surface area contributed by atoms with Crippen molar-refractivity contribution in [3.63, 3.8) is 0 Å². The molecular weight excluding hydrogens is 356 g/mol. The van der Waals surface area contributed by atoms with Crippen LogP contribution in [-0.2, 0) is 11.8 Å². The molecule has 146 valence electrons. The van der Waals surface area contributed by atoms with Crippen molar-refractivity contribution in [1.29, 1.82) is 0 Å². The first-order valence-electron chi connectivity index (χ1n) is 9.37. The van der Waals surface area contributed by atoms with Crippen molar-refractivity contribution in [1.82, 2.24) is 29.3 Å². The lowest BCUT2D eigenvalue weighted by Crippen LogP contribution is -2.51. The van der Waals surface area contributed by atoms with Gasteiger partial charge in [-0.1, -0.05) is 6.58 Å².